The van der Waals surface area contributed by atoms with Gasteiger partial charge < -0.3 is 5.11 Å². The summed E-state index contributed by atoms with van der Waals surface area (Å²) in [6.45, 7) is 0. The Kier molecular flexibility index (Phi) is 3.71. The zero-order chi connectivity index (χ0) is 17.5. The molecule has 0 aliphatic heterocycles. The smallest absolute Gasteiger partial charge is 0.417 e. The third kappa shape index (κ3) is 2.80. The number of rotatable bonds is 2. The molecule has 0 saturated heterocycles. The minimum Gasteiger partial charge on any atom is -0.478 e. The van der Waals surface area contributed by atoms with Crippen LogP contribution in [0.5, 0.6) is 0 Å². The number of hydrogen-bond acceptors (Lipinski definition) is 2. The predicted octanol–water partition coefficient (Wildman–Crippen LogP) is 4.76. The van der Waals surface area contributed by atoms with Crippen molar-refractivity contribution >= 4 is 16.9 Å². The molecule has 3 nitrogen and oxygen atoms in total. The molecule has 0 aliphatic rings. The van der Waals surface area contributed by atoms with Gasteiger partial charge in [0.05, 0.1) is 22.3 Å². The van der Waals surface area contributed by atoms with Crippen molar-refractivity contribution < 1.29 is 27.5 Å². The number of carboxylic acid groups (broad SMARTS) is 1. The highest BCUT2D eigenvalue weighted by Crippen LogP contribution is 2.37. The molecule has 1 N–H and O–H groups in total. The van der Waals surface area contributed by atoms with Gasteiger partial charge in [-0.2, -0.15) is 13.2 Å². The Bertz CT molecular complexity index is 951. The number of aromatic nitrogens is 1. The number of benzene rings is 2. The van der Waals surface area contributed by atoms with E-state index in [0.29, 0.717) is 0 Å². The van der Waals surface area contributed by atoms with Crippen molar-refractivity contribution in [3.63, 3.8) is 0 Å². The van der Waals surface area contributed by atoms with Gasteiger partial charge in [-0.25, -0.2) is 14.2 Å². The van der Waals surface area contributed by atoms with Crippen molar-refractivity contribution in [1.82, 2.24) is 4.98 Å². The SMILES string of the molecule is O=C(O)c1cc(-c2ccccc2C(F)(F)F)nc2ccc(F)cc12. The summed E-state index contributed by atoms with van der Waals surface area (Å²) in [5.41, 5.74) is -1.51. The number of carbonyl (C=O) groups is 1. The molecule has 7 heteroatoms. The van der Waals surface area contributed by atoms with Crippen LogP contribution in [0.15, 0.2) is 48.5 Å². The minimum absolute atomic E-state index is 0.0238. The molecular weight excluding hydrogens is 326 g/mol. The van der Waals surface area contributed by atoms with Crippen LogP contribution in [0.25, 0.3) is 22.2 Å². The molecule has 0 unspecified atom stereocenters. The molecule has 0 spiro atoms. The summed E-state index contributed by atoms with van der Waals surface area (Å²) >= 11 is 0. The van der Waals surface area contributed by atoms with Gasteiger partial charge in [0.2, 0.25) is 0 Å². The number of carboxylic acids is 1. The van der Waals surface area contributed by atoms with Crippen LogP contribution in [0.4, 0.5) is 17.6 Å². The van der Waals surface area contributed by atoms with E-state index in [1.807, 2.05) is 0 Å². The van der Waals surface area contributed by atoms with Gasteiger partial charge in [0.25, 0.3) is 0 Å². The number of aromatic carboxylic acids is 1. The van der Waals surface area contributed by atoms with Gasteiger partial charge in [-0.3, -0.25) is 0 Å². The van der Waals surface area contributed by atoms with Crippen molar-refractivity contribution in [1.29, 1.82) is 0 Å². The fourth-order valence-electron chi connectivity index (χ4n) is 2.47. The molecule has 3 aromatic rings. The van der Waals surface area contributed by atoms with E-state index in [0.717, 1.165) is 24.3 Å². The van der Waals surface area contributed by atoms with E-state index >= 15 is 0 Å². The first-order valence-corrected chi connectivity index (χ1v) is 6.77. The summed E-state index contributed by atoms with van der Waals surface area (Å²) in [6, 6.07) is 9.07. The summed E-state index contributed by atoms with van der Waals surface area (Å²) in [5, 5.41) is 9.33. The fourth-order valence-corrected chi connectivity index (χ4v) is 2.47. The van der Waals surface area contributed by atoms with Gasteiger partial charge in [0.1, 0.15) is 5.82 Å². The number of hydrogen-bond donors (Lipinski definition) is 1. The van der Waals surface area contributed by atoms with Crippen LogP contribution >= 0.6 is 0 Å². The van der Waals surface area contributed by atoms with Crippen LogP contribution in [-0.2, 0) is 6.18 Å². The molecule has 1 heterocycles. The summed E-state index contributed by atoms with van der Waals surface area (Å²) in [6.07, 6.45) is -4.61. The first-order valence-electron chi connectivity index (χ1n) is 6.77. The Labute approximate surface area is 133 Å². The standard InChI is InChI=1S/C17H9F4NO2/c18-9-5-6-14-11(7-9)12(16(23)24)8-15(22-14)10-3-1-2-4-13(10)17(19,20)21/h1-8H,(H,23,24). The van der Waals surface area contributed by atoms with E-state index in [1.54, 1.807) is 0 Å². The second-order valence-corrected chi connectivity index (χ2v) is 5.07. The number of pyridine rings is 1. The molecule has 0 saturated carbocycles. The van der Waals surface area contributed by atoms with E-state index in [9.17, 15) is 27.5 Å². The normalized spacial score (nSPS) is 11.7. The lowest BCUT2D eigenvalue weighted by Gasteiger charge is -2.13. The van der Waals surface area contributed by atoms with Crippen molar-refractivity contribution in [2.45, 2.75) is 6.18 Å². The number of fused-ring (bicyclic) bond motifs is 1. The van der Waals surface area contributed by atoms with Crippen LogP contribution < -0.4 is 0 Å². The number of alkyl halides is 3. The topological polar surface area (TPSA) is 50.2 Å². The quantitative estimate of drug-likeness (QED) is 0.687. The summed E-state index contributed by atoms with van der Waals surface area (Å²) < 4.78 is 52.9. The maximum absolute atomic E-state index is 13.4. The van der Waals surface area contributed by atoms with Gasteiger partial charge in [0, 0.05) is 10.9 Å². The van der Waals surface area contributed by atoms with Crippen molar-refractivity contribution in [3.05, 3.63) is 65.5 Å². The number of nitrogens with zero attached hydrogens (tertiary/aromatic N) is 1. The van der Waals surface area contributed by atoms with Gasteiger partial charge in [-0.05, 0) is 30.3 Å². The highest BCUT2D eigenvalue weighted by Gasteiger charge is 2.33. The molecule has 0 amide bonds. The monoisotopic (exact) mass is 335 g/mol. The average Bonchev–Trinajstić information content (AvgIpc) is 2.53. The highest BCUT2D eigenvalue weighted by molar-refractivity contribution is 6.03. The summed E-state index contributed by atoms with van der Waals surface area (Å²) in [5.74, 6) is -2.03. The van der Waals surface area contributed by atoms with Gasteiger partial charge in [-0.15, -0.1) is 0 Å². The Hall–Kier alpha value is -2.96. The molecule has 2 aromatic carbocycles. The first kappa shape index (κ1) is 15.9. The third-order valence-corrected chi connectivity index (χ3v) is 3.51. The van der Waals surface area contributed by atoms with Crippen LogP contribution in [0, 0.1) is 5.82 Å². The summed E-state index contributed by atoms with van der Waals surface area (Å²) in [4.78, 5) is 15.5. The molecule has 3 rings (SSSR count). The predicted molar refractivity (Wildman–Crippen MR) is 79.1 cm³/mol. The highest BCUT2D eigenvalue weighted by atomic mass is 19.4. The fraction of sp³-hybridized carbons (Fsp3) is 0.0588. The van der Waals surface area contributed by atoms with Gasteiger partial charge >= 0.3 is 12.1 Å². The zero-order valence-electron chi connectivity index (χ0n) is 11.9. The van der Waals surface area contributed by atoms with E-state index in [1.165, 1.54) is 24.3 Å². The van der Waals surface area contributed by atoms with Crippen molar-refractivity contribution in [3.8, 4) is 11.3 Å². The van der Waals surface area contributed by atoms with E-state index in [4.69, 9.17) is 0 Å². The minimum atomic E-state index is -4.61. The summed E-state index contributed by atoms with van der Waals surface area (Å²) in [7, 11) is 0. The Balaban J connectivity index is 2.33. The van der Waals surface area contributed by atoms with Crippen molar-refractivity contribution in [2.75, 3.05) is 0 Å². The third-order valence-electron chi connectivity index (χ3n) is 3.51. The lowest BCUT2D eigenvalue weighted by molar-refractivity contribution is -0.137. The van der Waals surface area contributed by atoms with Crippen LogP contribution in [0.1, 0.15) is 15.9 Å². The van der Waals surface area contributed by atoms with E-state index in [2.05, 4.69) is 4.98 Å². The molecule has 0 bridgehead atoms. The van der Waals surface area contributed by atoms with Crippen LogP contribution in [0.2, 0.25) is 0 Å². The molecule has 24 heavy (non-hydrogen) atoms. The van der Waals surface area contributed by atoms with Gasteiger partial charge in [-0.1, -0.05) is 18.2 Å². The molecule has 1 aromatic heterocycles. The average molecular weight is 335 g/mol. The van der Waals surface area contributed by atoms with E-state index in [-0.39, 0.29) is 27.7 Å². The molecule has 0 aliphatic carbocycles. The second-order valence-electron chi connectivity index (χ2n) is 5.07. The molecule has 122 valence electrons. The largest absolute Gasteiger partial charge is 0.478 e. The first-order chi connectivity index (χ1) is 11.3. The van der Waals surface area contributed by atoms with Crippen molar-refractivity contribution in [2.24, 2.45) is 0 Å². The lowest BCUT2D eigenvalue weighted by Crippen LogP contribution is -2.08. The molecule has 0 fully saturated rings. The maximum atomic E-state index is 13.4. The second kappa shape index (κ2) is 5.59. The molecule has 0 radical (unpaired) electrons. The Morgan fingerprint density at radius 2 is 1.75 bits per heavy atom. The van der Waals surface area contributed by atoms with Crippen LogP contribution in [0.3, 0.4) is 0 Å². The number of halogens is 4. The molecular formula is C17H9F4NO2. The van der Waals surface area contributed by atoms with E-state index < -0.39 is 23.5 Å². The van der Waals surface area contributed by atoms with Crippen LogP contribution in [-0.4, -0.2) is 16.1 Å². The Morgan fingerprint density at radius 1 is 1.04 bits per heavy atom. The zero-order valence-corrected chi connectivity index (χ0v) is 11.9. The van der Waals surface area contributed by atoms with Gasteiger partial charge in [0.15, 0.2) is 0 Å². The Morgan fingerprint density at radius 3 is 2.42 bits per heavy atom. The maximum Gasteiger partial charge on any atom is 0.417 e. The molecule has 0 atom stereocenters. The lowest BCUT2D eigenvalue weighted by atomic mass is 10.00.